The Labute approximate surface area is 203 Å². The zero-order valence-electron chi connectivity index (χ0n) is 19.4. The van der Waals surface area contributed by atoms with Crippen molar-refractivity contribution < 1.29 is 14.3 Å². The lowest BCUT2D eigenvalue weighted by molar-refractivity contribution is -0.135. The summed E-state index contributed by atoms with van der Waals surface area (Å²) in [5.74, 6) is -0.0563. The maximum atomic E-state index is 13.7. The number of rotatable bonds is 8. The zero-order valence-corrected chi connectivity index (χ0v) is 20.2. The Hall–Kier alpha value is -2.88. The van der Waals surface area contributed by atoms with Crippen LogP contribution < -0.4 is 0 Å². The van der Waals surface area contributed by atoms with Gasteiger partial charge in [0.1, 0.15) is 16.6 Å². The minimum atomic E-state index is -0.772. The number of fused-ring (bicyclic) bond motifs is 1. The Morgan fingerprint density at radius 3 is 2.50 bits per heavy atom. The average Bonchev–Trinajstić information content (AvgIpc) is 3.40. The van der Waals surface area contributed by atoms with Crippen molar-refractivity contribution in [2.45, 2.75) is 31.3 Å². The van der Waals surface area contributed by atoms with Crippen molar-refractivity contribution >= 4 is 34.7 Å². The standard InChI is InChI=1S/C25H29N5O3S/c1-33-16-15-30-24(32)29(12-9-19-5-3-2-4-6-19)23(31)25(30)10-13-28(14-11-25)18-20-7-8-21-22(17-20)27-34-26-21/h2-8,17H,9-16,18H2,1H3. The van der Waals surface area contributed by atoms with E-state index < -0.39 is 5.54 Å². The molecule has 3 amide bonds. The molecule has 1 aromatic heterocycles. The van der Waals surface area contributed by atoms with E-state index in [0.717, 1.165) is 36.2 Å². The molecule has 3 heterocycles. The van der Waals surface area contributed by atoms with E-state index in [1.165, 1.54) is 22.2 Å². The number of carbonyl (C=O) groups excluding carboxylic acids is 2. The smallest absolute Gasteiger partial charge is 0.327 e. The highest BCUT2D eigenvalue weighted by molar-refractivity contribution is 7.00. The van der Waals surface area contributed by atoms with E-state index in [9.17, 15) is 9.59 Å². The summed E-state index contributed by atoms with van der Waals surface area (Å²) < 4.78 is 13.9. The fraction of sp³-hybridized carbons (Fsp3) is 0.440. The molecule has 2 aromatic carbocycles. The molecule has 9 heteroatoms. The summed E-state index contributed by atoms with van der Waals surface area (Å²) in [5, 5.41) is 0. The minimum absolute atomic E-state index is 0.0563. The van der Waals surface area contributed by atoms with Gasteiger partial charge in [-0.25, -0.2) is 4.79 Å². The van der Waals surface area contributed by atoms with Gasteiger partial charge in [-0.1, -0.05) is 36.4 Å². The zero-order chi connectivity index (χ0) is 23.5. The fourth-order valence-corrected chi connectivity index (χ4v) is 5.62. The normalized spacial score (nSPS) is 18.5. The summed E-state index contributed by atoms with van der Waals surface area (Å²) in [6.07, 6.45) is 1.92. The summed E-state index contributed by atoms with van der Waals surface area (Å²) in [7, 11) is 1.62. The fourth-order valence-electron chi connectivity index (χ4n) is 5.11. The molecule has 2 fully saturated rings. The van der Waals surface area contributed by atoms with Crippen molar-refractivity contribution in [2.24, 2.45) is 0 Å². The first-order valence-corrected chi connectivity index (χ1v) is 12.4. The molecule has 0 N–H and O–H groups in total. The van der Waals surface area contributed by atoms with Crippen LogP contribution >= 0.6 is 11.7 Å². The van der Waals surface area contributed by atoms with Crippen LogP contribution in [0.4, 0.5) is 4.79 Å². The maximum Gasteiger partial charge on any atom is 0.327 e. The third-order valence-electron chi connectivity index (χ3n) is 7.02. The second kappa shape index (κ2) is 9.77. The van der Waals surface area contributed by atoms with Gasteiger partial charge in [0, 0.05) is 39.8 Å². The first-order valence-electron chi connectivity index (χ1n) is 11.7. The largest absolute Gasteiger partial charge is 0.383 e. The number of urea groups is 1. The number of hydrogen-bond donors (Lipinski definition) is 0. The summed E-state index contributed by atoms with van der Waals surface area (Å²) in [5.41, 5.74) is 3.38. The SMILES string of the molecule is COCCN1C(=O)N(CCc2ccccc2)C(=O)C12CCN(Cc1ccc3nsnc3c1)CC2. The van der Waals surface area contributed by atoms with E-state index in [4.69, 9.17) is 4.74 Å². The number of aromatic nitrogens is 2. The first kappa shape index (κ1) is 22.9. The molecule has 1 spiro atoms. The van der Waals surface area contributed by atoms with Gasteiger partial charge in [0.15, 0.2) is 0 Å². The van der Waals surface area contributed by atoms with E-state index in [1.807, 2.05) is 36.4 Å². The van der Waals surface area contributed by atoms with E-state index in [2.05, 4.69) is 25.8 Å². The average molecular weight is 480 g/mol. The Morgan fingerprint density at radius 1 is 0.971 bits per heavy atom. The third-order valence-corrected chi connectivity index (χ3v) is 7.57. The van der Waals surface area contributed by atoms with Crippen LogP contribution in [-0.2, 0) is 22.5 Å². The van der Waals surface area contributed by atoms with Gasteiger partial charge in [0.2, 0.25) is 0 Å². The molecule has 3 aromatic rings. The Balaban J connectivity index is 1.28. The monoisotopic (exact) mass is 479 g/mol. The number of ether oxygens (including phenoxy) is 1. The van der Waals surface area contributed by atoms with Gasteiger partial charge in [-0.3, -0.25) is 14.6 Å². The Morgan fingerprint density at radius 2 is 1.74 bits per heavy atom. The van der Waals surface area contributed by atoms with Crippen molar-refractivity contribution in [3.05, 3.63) is 59.7 Å². The molecule has 2 aliphatic rings. The number of benzene rings is 2. The number of imide groups is 1. The molecule has 0 aliphatic carbocycles. The molecule has 8 nitrogen and oxygen atoms in total. The highest BCUT2D eigenvalue weighted by atomic mass is 32.1. The van der Waals surface area contributed by atoms with Gasteiger partial charge in [-0.2, -0.15) is 8.75 Å². The Bertz CT molecular complexity index is 1160. The van der Waals surface area contributed by atoms with Gasteiger partial charge < -0.3 is 9.64 Å². The quantitative estimate of drug-likeness (QED) is 0.462. The van der Waals surface area contributed by atoms with E-state index in [-0.39, 0.29) is 11.9 Å². The van der Waals surface area contributed by atoms with Crippen molar-refractivity contribution in [3.8, 4) is 0 Å². The predicted octanol–water partition coefficient (Wildman–Crippen LogP) is 3.18. The van der Waals surface area contributed by atoms with E-state index in [0.29, 0.717) is 39.0 Å². The van der Waals surface area contributed by atoms with Crippen LogP contribution in [0.3, 0.4) is 0 Å². The molecule has 178 valence electrons. The lowest BCUT2D eigenvalue weighted by Gasteiger charge is -2.42. The Kier molecular flexibility index (Phi) is 6.58. The number of amides is 3. The van der Waals surface area contributed by atoms with Crippen LogP contribution in [0.5, 0.6) is 0 Å². The molecule has 0 atom stereocenters. The molecule has 0 radical (unpaired) electrons. The minimum Gasteiger partial charge on any atom is -0.383 e. The van der Waals surface area contributed by atoms with E-state index in [1.54, 1.807) is 12.0 Å². The lowest BCUT2D eigenvalue weighted by atomic mass is 9.85. The number of carbonyl (C=O) groups is 2. The highest BCUT2D eigenvalue weighted by Crippen LogP contribution is 2.37. The number of likely N-dealkylation sites (tertiary alicyclic amines) is 1. The molecule has 0 saturated carbocycles. The van der Waals surface area contributed by atoms with Crippen molar-refractivity contribution in [2.75, 3.05) is 39.9 Å². The van der Waals surface area contributed by atoms with Gasteiger partial charge in [0.05, 0.1) is 18.3 Å². The van der Waals surface area contributed by atoms with E-state index >= 15 is 0 Å². The van der Waals surface area contributed by atoms with Crippen LogP contribution in [0.2, 0.25) is 0 Å². The first-order chi connectivity index (χ1) is 16.6. The van der Waals surface area contributed by atoms with Crippen molar-refractivity contribution in [1.82, 2.24) is 23.4 Å². The maximum absolute atomic E-state index is 13.7. The topological polar surface area (TPSA) is 78.9 Å². The highest BCUT2D eigenvalue weighted by Gasteiger charge is 2.57. The molecule has 5 rings (SSSR count). The van der Waals surface area contributed by atoms with Gasteiger partial charge in [-0.05, 0) is 42.5 Å². The summed E-state index contributed by atoms with van der Waals surface area (Å²) in [6, 6.07) is 16.0. The molecule has 34 heavy (non-hydrogen) atoms. The number of nitrogens with zero attached hydrogens (tertiary/aromatic N) is 5. The van der Waals surface area contributed by atoms with Gasteiger partial charge in [0.25, 0.3) is 5.91 Å². The van der Waals surface area contributed by atoms with Crippen LogP contribution in [0.25, 0.3) is 11.0 Å². The van der Waals surface area contributed by atoms with Gasteiger partial charge in [-0.15, -0.1) is 0 Å². The molecule has 2 aliphatic heterocycles. The van der Waals surface area contributed by atoms with Crippen LogP contribution in [0.1, 0.15) is 24.0 Å². The number of hydrogen-bond acceptors (Lipinski definition) is 7. The number of methoxy groups -OCH3 is 1. The van der Waals surface area contributed by atoms with Crippen molar-refractivity contribution in [3.63, 3.8) is 0 Å². The summed E-state index contributed by atoms with van der Waals surface area (Å²) >= 11 is 1.23. The predicted molar refractivity (Wildman–Crippen MR) is 130 cm³/mol. The molecule has 0 unspecified atom stereocenters. The van der Waals surface area contributed by atoms with Gasteiger partial charge >= 0.3 is 6.03 Å². The van der Waals surface area contributed by atoms with Crippen LogP contribution in [-0.4, -0.2) is 80.8 Å². The lowest BCUT2D eigenvalue weighted by Crippen LogP contribution is -2.57. The molecule has 0 bridgehead atoms. The van der Waals surface area contributed by atoms with Crippen molar-refractivity contribution in [1.29, 1.82) is 0 Å². The van der Waals surface area contributed by atoms with Crippen LogP contribution in [0.15, 0.2) is 48.5 Å². The summed E-state index contributed by atoms with van der Waals surface area (Å²) in [6.45, 7) is 3.54. The number of piperidine rings is 1. The third kappa shape index (κ3) is 4.31. The second-order valence-corrected chi connectivity index (χ2v) is 9.54. The second-order valence-electron chi connectivity index (χ2n) is 9.01. The molecule has 2 saturated heterocycles. The molecular formula is C25H29N5O3S. The molecular weight excluding hydrogens is 450 g/mol. The van der Waals surface area contributed by atoms with Crippen LogP contribution in [0, 0.1) is 0 Å². The summed E-state index contributed by atoms with van der Waals surface area (Å²) in [4.78, 5) is 32.6.